The first-order chi connectivity index (χ1) is 11.1. The van der Waals surface area contributed by atoms with Crippen LogP contribution in [0.3, 0.4) is 0 Å². The van der Waals surface area contributed by atoms with Gasteiger partial charge in [-0.2, -0.15) is 4.57 Å². The Hall–Kier alpha value is -3.08. The highest BCUT2D eigenvalue weighted by Gasteiger charge is 2.14. The van der Waals surface area contributed by atoms with Gasteiger partial charge in [0.05, 0.1) is 5.69 Å². The van der Waals surface area contributed by atoms with E-state index in [1.807, 2.05) is 36.5 Å². The molecular formula is C18H13F2N2O+. The summed E-state index contributed by atoms with van der Waals surface area (Å²) in [6.45, 7) is 0. The SMILES string of the molecule is O=C(Nc1ccc(F)cc1F)c1ccc[n+](-c2ccccc2)c1. The molecule has 3 aromatic rings. The molecular weight excluding hydrogens is 298 g/mol. The monoisotopic (exact) mass is 311 g/mol. The summed E-state index contributed by atoms with van der Waals surface area (Å²) in [4.78, 5) is 12.2. The molecule has 0 bridgehead atoms. The Balaban J connectivity index is 1.85. The third-order valence-corrected chi connectivity index (χ3v) is 3.30. The molecule has 0 saturated heterocycles. The quantitative estimate of drug-likeness (QED) is 0.738. The largest absolute Gasteiger partial charge is 0.319 e. The van der Waals surface area contributed by atoms with Gasteiger partial charge in [-0.3, -0.25) is 4.79 Å². The van der Waals surface area contributed by atoms with E-state index in [0.29, 0.717) is 5.56 Å². The minimum atomic E-state index is -0.815. The van der Waals surface area contributed by atoms with Gasteiger partial charge in [-0.25, -0.2) is 8.78 Å². The minimum Gasteiger partial charge on any atom is -0.319 e. The Labute approximate surface area is 131 Å². The summed E-state index contributed by atoms with van der Waals surface area (Å²) in [5.41, 5.74) is 1.20. The summed E-state index contributed by atoms with van der Waals surface area (Å²) < 4.78 is 28.3. The molecule has 0 fully saturated rings. The number of para-hydroxylation sites is 1. The van der Waals surface area contributed by atoms with E-state index >= 15 is 0 Å². The van der Waals surface area contributed by atoms with Gasteiger partial charge in [-0.1, -0.05) is 18.2 Å². The Kier molecular flexibility index (Phi) is 4.10. The number of carbonyl (C=O) groups excluding carboxylic acids is 1. The van der Waals surface area contributed by atoms with Gasteiger partial charge in [-0.15, -0.1) is 0 Å². The molecule has 0 aliphatic carbocycles. The van der Waals surface area contributed by atoms with Crippen LogP contribution >= 0.6 is 0 Å². The van der Waals surface area contributed by atoms with E-state index in [0.717, 1.165) is 17.8 Å². The number of hydrogen-bond acceptors (Lipinski definition) is 1. The molecule has 5 heteroatoms. The van der Waals surface area contributed by atoms with Crippen molar-refractivity contribution < 1.29 is 18.1 Å². The average molecular weight is 311 g/mol. The zero-order chi connectivity index (χ0) is 16.2. The molecule has 0 aliphatic heterocycles. The Morgan fingerprint density at radius 1 is 0.957 bits per heavy atom. The lowest BCUT2D eigenvalue weighted by Gasteiger charge is -2.06. The van der Waals surface area contributed by atoms with Crippen LogP contribution in [0.2, 0.25) is 0 Å². The first-order valence-corrected chi connectivity index (χ1v) is 6.96. The van der Waals surface area contributed by atoms with Crippen LogP contribution in [0, 0.1) is 11.6 Å². The molecule has 1 N–H and O–H groups in total. The first kappa shape index (κ1) is 14.8. The highest BCUT2D eigenvalue weighted by atomic mass is 19.1. The molecule has 0 spiro atoms. The maximum absolute atomic E-state index is 13.6. The van der Waals surface area contributed by atoms with Crippen molar-refractivity contribution in [1.82, 2.24) is 0 Å². The van der Waals surface area contributed by atoms with E-state index in [1.165, 1.54) is 6.07 Å². The number of rotatable bonds is 3. The molecule has 0 saturated carbocycles. The molecule has 0 atom stereocenters. The van der Waals surface area contributed by atoms with Gasteiger partial charge >= 0.3 is 0 Å². The Morgan fingerprint density at radius 3 is 2.48 bits per heavy atom. The molecule has 114 valence electrons. The van der Waals surface area contributed by atoms with E-state index in [-0.39, 0.29) is 5.69 Å². The number of anilines is 1. The van der Waals surface area contributed by atoms with Crippen LogP contribution in [0.1, 0.15) is 10.4 Å². The van der Waals surface area contributed by atoms with Gasteiger partial charge < -0.3 is 5.32 Å². The Bertz CT molecular complexity index is 851. The molecule has 0 aliphatic rings. The van der Waals surface area contributed by atoms with Gasteiger partial charge in [0.25, 0.3) is 5.91 Å². The van der Waals surface area contributed by atoms with Crippen molar-refractivity contribution in [2.75, 3.05) is 5.32 Å². The molecule has 1 amide bonds. The van der Waals surface area contributed by atoms with Crippen molar-refractivity contribution in [3.8, 4) is 5.69 Å². The van der Waals surface area contributed by atoms with E-state index < -0.39 is 17.5 Å². The number of pyridine rings is 1. The van der Waals surface area contributed by atoms with Crippen LogP contribution in [0.5, 0.6) is 0 Å². The number of amides is 1. The maximum atomic E-state index is 13.6. The summed E-state index contributed by atoms with van der Waals surface area (Å²) in [6, 6.07) is 15.8. The smallest absolute Gasteiger partial charge is 0.261 e. The molecule has 0 radical (unpaired) electrons. The van der Waals surface area contributed by atoms with E-state index in [2.05, 4.69) is 5.32 Å². The molecule has 1 aromatic heterocycles. The Morgan fingerprint density at radius 2 is 1.74 bits per heavy atom. The van der Waals surface area contributed by atoms with Crippen molar-refractivity contribution in [1.29, 1.82) is 0 Å². The molecule has 3 rings (SSSR count). The second kappa shape index (κ2) is 6.36. The van der Waals surface area contributed by atoms with E-state index in [9.17, 15) is 13.6 Å². The lowest BCUT2D eigenvalue weighted by atomic mass is 10.2. The van der Waals surface area contributed by atoms with Crippen molar-refractivity contribution in [3.05, 3.63) is 90.3 Å². The van der Waals surface area contributed by atoms with Crippen LogP contribution in [0.25, 0.3) is 5.69 Å². The molecule has 3 nitrogen and oxygen atoms in total. The highest BCUT2D eigenvalue weighted by Crippen LogP contribution is 2.16. The molecule has 1 heterocycles. The number of nitrogens with one attached hydrogen (secondary N) is 1. The second-order valence-electron chi connectivity index (χ2n) is 4.91. The van der Waals surface area contributed by atoms with Crippen molar-refractivity contribution >= 4 is 11.6 Å². The molecule has 23 heavy (non-hydrogen) atoms. The highest BCUT2D eigenvalue weighted by molar-refractivity contribution is 6.03. The predicted octanol–water partition coefficient (Wildman–Crippen LogP) is 3.49. The van der Waals surface area contributed by atoms with E-state index in [4.69, 9.17) is 0 Å². The zero-order valence-corrected chi connectivity index (χ0v) is 12.0. The topological polar surface area (TPSA) is 33.0 Å². The van der Waals surface area contributed by atoms with E-state index in [1.54, 1.807) is 22.9 Å². The van der Waals surface area contributed by atoms with Crippen LogP contribution in [0.4, 0.5) is 14.5 Å². The number of nitrogens with zero attached hydrogens (tertiary/aromatic N) is 1. The van der Waals surface area contributed by atoms with Crippen molar-refractivity contribution in [2.24, 2.45) is 0 Å². The predicted molar refractivity (Wildman–Crippen MR) is 82.3 cm³/mol. The van der Waals surface area contributed by atoms with Gasteiger partial charge in [-0.05, 0) is 18.2 Å². The summed E-state index contributed by atoms with van der Waals surface area (Å²) in [7, 11) is 0. The fourth-order valence-corrected chi connectivity index (χ4v) is 2.16. The molecule has 0 unspecified atom stereocenters. The number of hydrogen-bond donors (Lipinski definition) is 1. The third-order valence-electron chi connectivity index (χ3n) is 3.30. The van der Waals surface area contributed by atoms with Crippen LogP contribution in [0.15, 0.2) is 73.1 Å². The minimum absolute atomic E-state index is 0.0634. The number of halogens is 2. The summed E-state index contributed by atoms with van der Waals surface area (Å²) in [5, 5.41) is 2.44. The van der Waals surface area contributed by atoms with Crippen molar-refractivity contribution in [2.45, 2.75) is 0 Å². The van der Waals surface area contributed by atoms with Crippen LogP contribution < -0.4 is 9.88 Å². The van der Waals surface area contributed by atoms with Crippen molar-refractivity contribution in [3.63, 3.8) is 0 Å². The average Bonchev–Trinajstić information content (AvgIpc) is 2.58. The lowest BCUT2D eigenvalue weighted by Crippen LogP contribution is -2.31. The lowest BCUT2D eigenvalue weighted by molar-refractivity contribution is -0.595. The number of aromatic nitrogens is 1. The van der Waals surface area contributed by atoms with Gasteiger partial charge in [0.1, 0.15) is 17.2 Å². The normalized spacial score (nSPS) is 10.3. The zero-order valence-electron chi connectivity index (χ0n) is 12.0. The van der Waals surface area contributed by atoms with Crippen LogP contribution in [-0.4, -0.2) is 5.91 Å². The molecule has 2 aromatic carbocycles. The van der Waals surface area contributed by atoms with Gasteiger partial charge in [0.15, 0.2) is 12.4 Å². The second-order valence-corrected chi connectivity index (χ2v) is 4.91. The summed E-state index contributed by atoms with van der Waals surface area (Å²) >= 11 is 0. The third kappa shape index (κ3) is 3.40. The summed E-state index contributed by atoms with van der Waals surface area (Å²) in [6.07, 6.45) is 3.46. The fraction of sp³-hybridized carbons (Fsp3) is 0. The van der Waals surface area contributed by atoms with Gasteiger partial charge in [0.2, 0.25) is 5.69 Å². The van der Waals surface area contributed by atoms with Crippen LogP contribution in [-0.2, 0) is 0 Å². The fourth-order valence-electron chi connectivity index (χ4n) is 2.16. The number of benzene rings is 2. The first-order valence-electron chi connectivity index (χ1n) is 6.96. The van der Waals surface area contributed by atoms with Gasteiger partial charge in [0, 0.05) is 24.3 Å². The summed E-state index contributed by atoms with van der Waals surface area (Å²) in [5.74, 6) is -1.98. The number of carbonyl (C=O) groups is 1. The maximum Gasteiger partial charge on any atom is 0.261 e. The standard InChI is InChI=1S/C18H12F2N2O/c19-14-8-9-17(16(20)11-14)21-18(23)13-5-4-10-22(12-13)15-6-2-1-3-7-15/h1-12H/p+1.